The second kappa shape index (κ2) is 11.2. The van der Waals surface area contributed by atoms with Gasteiger partial charge in [0, 0.05) is 12.1 Å². The first-order valence-electron chi connectivity index (χ1n) is 13.6. The molecule has 2 aromatic rings. The second-order valence-electron chi connectivity index (χ2n) is 12.0. The zero-order chi connectivity index (χ0) is 30.5. The van der Waals surface area contributed by atoms with E-state index in [1.807, 2.05) is 12.1 Å². The highest BCUT2D eigenvalue weighted by atomic mass is 32.1. The van der Waals surface area contributed by atoms with Crippen molar-refractivity contribution in [3.63, 3.8) is 0 Å². The lowest BCUT2D eigenvalue weighted by Crippen LogP contribution is -2.35. The molecule has 41 heavy (non-hydrogen) atoms. The number of halogens is 6. The summed E-state index contributed by atoms with van der Waals surface area (Å²) in [6, 6.07) is 7.11. The smallest absolute Gasteiger partial charge is 0.416 e. The highest BCUT2D eigenvalue weighted by Gasteiger charge is 2.43. The molecule has 0 amide bonds. The van der Waals surface area contributed by atoms with Crippen molar-refractivity contribution >= 4 is 23.0 Å². The summed E-state index contributed by atoms with van der Waals surface area (Å²) in [4.78, 5) is 1.77. The Bertz CT molecular complexity index is 1310. The SMILES string of the molecule is COc1ccc(C(C)C)cc1C1=C(CN2C(=S)OC(c3cc(C(F)(F)F)cc(C(F)(F)F)c3)C2C)CC(C)(C)CC1. The van der Waals surface area contributed by atoms with Gasteiger partial charge in [-0.15, -0.1) is 0 Å². The number of rotatable bonds is 6. The van der Waals surface area contributed by atoms with Crippen LogP contribution in [0.3, 0.4) is 0 Å². The summed E-state index contributed by atoms with van der Waals surface area (Å²) in [7, 11) is 1.63. The molecule has 1 aliphatic heterocycles. The van der Waals surface area contributed by atoms with Gasteiger partial charge in [-0.1, -0.05) is 33.8 Å². The summed E-state index contributed by atoms with van der Waals surface area (Å²) in [5, 5.41) is 0.0478. The lowest BCUT2D eigenvalue weighted by Gasteiger charge is -2.36. The molecule has 4 rings (SSSR count). The first-order valence-corrected chi connectivity index (χ1v) is 14.0. The molecule has 1 fully saturated rings. The molecule has 10 heteroatoms. The molecule has 1 aliphatic carbocycles. The molecule has 0 aromatic heterocycles. The van der Waals surface area contributed by atoms with Crippen molar-refractivity contribution in [2.45, 2.75) is 84.3 Å². The summed E-state index contributed by atoms with van der Waals surface area (Å²) in [5.41, 5.74) is 1.41. The Morgan fingerprint density at radius 1 is 1.02 bits per heavy atom. The van der Waals surface area contributed by atoms with Gasteiger partial charge < -0.3 is 14.4 Å². The van der Waals surface area contributed by atoms with Crippen LogP contribution < -0.4 is 4.74 Å². The van der Waals surface area contributed by atoms with Crippen LogP contribution in [-0.2, 0) is 17.1 Å². The summed E-state index contributed by atoms with van der Waals surface area (Å²) in [6.07, 6.45) is -8.50. The van der Waals surface area contributed by atoms with E-state index in [1.165, 1.54) is 0 Å². The fraction of sp³-hybridized carbons (Fsp3) is 0.516. The van der Waals surface area contributed by atoms with Crippen LogP contribution in [0.15, 0.2) is 42.0 Å². The Morgan fingerprint density at radius 3 is 2.17 bits per heavy atom. The lowest BCUT2D eigenvalue weighted by atomic mass is 9.72. The zero-order valence-corrected chi connectivity index (χ0v) is 24.8. The van der Waals surface area contributed by atoms with Gasteiger partial charge in [0.1, 0.15) is 11.9 Å². The summed E-state index contributed by atoms with van der Waals surface area (Å²) in [6.45, 7) is 10.6. The van der Waals surface area contributed by atoms with E-state index in [-0.39, 0.29) is 22.2 Å². The van der Waals surface area contributed by atoms with E-state index in [9.17, 15) is 26.3 Å². The van der Waals surface area contributed by atoms with Gasteiger partial charge in [-0.3, -0.25) is 0 Å². The molecule has 0 spiro atoms. The number of allylic oxidation sites excluding steroid dienone is 1. The molecule has 2 atom stereocenters. The Kier molecular flexibility index (Phi) is 8.48. The predicted molar refractivity (Wildman–Crippen MR) is 151 cm³/mol. The van der Waals surface area contributed by atoms with E-state index in [4.69, 9.17) is 21.7 Å². The van der Waals surface area contributed by atoms with Gasteiger partial charge in [-0.25, -0.2) is 0 Å². The first-order chi connectivity index (χ1) is 18.9. The number of alkyl halides is 6. The summed E-state index contributed by atoms with van der Waals surface area (Å²) < 4.78 is 92.8. The van der Waals surface area contributed by atoms with E-state index in [1.54, 1.807) is 18.9 Å². The molecule has 0 N–H and O–H groups in total. The van der Waals surface area contributed by atoms with Gasteiger partial charge in [0.05, 0.1) is 24.3 Å². The first kappa shape index (κ1) is 31.2. The Balaban J connectivity index is 1.74. The predicted octanol–water partition coefficient (Wildman–Crippen LogP) is 9.57. The average Bonchev–Trinajstić information content (AvgIpc) is 3.15. The summed E-state index contributed by atoms with van der Waals surface area (Å²) in [5.74, 6) is 1.05. The third-order valence-corrected chi connectivity index (χ3v) is 8.41. The van der Waals surface area contributed by atoms with E-state index in [0.29, 0.717) is 12.5 Å². The van der Waals surface area contributed by atoms with Crippen LogP contribution >= 0.6 is 12.2 Å². The zero-order valence-electron chi connectivity index (χ0n) is 24.0. The van der Waals surface area contributed by atoms with E-state index >= 15 is 0 Å². The van der Waals surface area contributed by atoms with Gasteiger partial charge in [0.2, 0.25) is 0 Å². The lowest BCUT2D eigenvalue weighted by molar-refractivity contribution is -0.143. The van der Waals surface area contributed by atoms with Gasteiger partial charge in [0.25, 0.3) is 5.17 Å². The quantitative estimate of drug-likeness (QED) is 0.244. The van der Waals surface area contributed by atoms with Crippen LogP contribution in [0.4, 0.5) is 26.3 Å². The van der Waals surface area contributed by atoms with Crippen LogP contribution in [0.25, 0.3) is 5.57 Å². The summed E-state index contributed by atoms with van der Waals surface area (Å²) >= 11 is 5.50. The highest BCUT2D eigenvalue weighted by Crippen LogP contribution is 2.47. The van der Waals surface area contributed by atoms with Crippen molar-refractivity contribution in [1.82, 2.24) is 4.90 Å². The molecular weight excluding hydrogens is 564 g/mol. The standard InChI is InChI=1S/C31H35F6NO2S/c1-17(2)19-7-8-26(39-6)25(13-19)24-9-10-29(4,5)15-21(24)16-38-18(3)27(40-28(38)41)20-11-22(30(32,33)34)14-23(12-20)31(35,36)37/h7-8,11-14,17-18,27H,9-10,15-16H2,1-6H3. The normalized spacial score (nSPS) is 21.5. The Hall–Kier alpha value is -2.75. The molecule has 2 aromatic carbocycles. The fourth-order valence-electron chi connectivity index (χ4n) is 5.72. The monoisotopic (exact) mass is 599 g/mol. The molecular formula is C31H35F6NO2S. The maximum atomic E-state index is 13.5. The van der Waals surface area contributed by atoms with Crippen molar-refractivity contribution < 1.29 is 35.8 Å². The van der Waals surface area contributed by atoms with Crippen molar-refractivity contribution in [2.75, 3.05) is 13.7 Å². The molecule has 2 aliphatic rings. The molecule has 0 saturated carbocycles. The van der Waals surface area contributed by atoms with Crippen LogP contribution in [0, 0.1) is 5.41 Å². The maximum Gasteiger partial charge on any atom is 0.416 e. The molecule has 2 unspecified atom stereocenters. The molecule has 3 nitrogen and oxygen atoms in total. The third-order valence-electron chi connectivity index (χ3n) is 8.08. The van der Waals surface area contributed by atoms with Crippen molar-refractivity contribution in [3.8, 4) is 5.75 Å². The van der Waals surface area contributed by atoms with Crippen molar-refractivity contribution in [1.29, 1.82) is 0 Å². The molecule has 224 valence electrons. The molecule has 0 bridgehead atoms. The Labute approximate surface area is 242 Å². The van der Waals surface area contributed by atoms with Gasteiger partial charge in [0.15, 0.2) is 0 Å². The maximum absolute atomic E-state index is 13.5. The molecule has 0 radical (unpaired) electrons. The largest absolute Gasteiger partial charge is 0.496 e. The highest BCUT2D eigenvalue weighted by molar-refractivity contribution is 7.80. The van der Waals surface area contributed by atoms with Crippen LogP contribution in [-0.4, -0.2) is 29.8 Å². The van der Waals surface area contributed by atoms with E-state index in [0.717, 1.165) is 59.4 Å². The van der Waals surface area contributed by atoms with Gasteiger partial charge >= 0.3 is 12.4 Å². The fourth-order valence-corrected chi connectivity index (χ4v) is 6.05. The Morgan fingerprint density at radius 2 is 1.63 bits per heavy atom. The van der Waals surface area contributed by atoms with Crippen molar-refractivity contribution in [3.05, 3.63) is 69.8 Å². The molecule has 1 saturated heterocycles. The van der Waals surface area contributed by atoms with Crippen LogP contribution in [0.2, 0.25) is 0 Å². The van der Waals surface area contributed by atoms with Crippen molar-refractivity contribution in [2.24, 2.45) is 5.41 Å². The minimum absolute atomic E-state index is 0.00475. The van der Waals surface area contributed by atoms with Crippen LogP contribution in [0.1, 0.15) is 93.7 Å². The van der Waals surface area contributed by atoms with E-state index < -0.39 is 35.6 Å². The van der Waals surface area contributed by atoms with E-state index in [2.05, 4.69) is 33.8 Å². The number of hydrogen-bond donors (Lipinski definition) is 0. The third kappa shape index (κ3) is 6.68. The number of nitrogens with zero attached hydrogens (tertiary/aromatic N) is 1. The number of ether oxygens (including phenoxy) is 2. The minimum Gasteiger partial charge on any atom is -0.496 e. The number of thiocarbonyl (C=S) groups is 1. The molecule has 1 heterocycles. The van der Waals surface area contributed by atoms with Crippen LogP contribution in [0.5, 0.6) is 5.75 Å². The number of methoxy groups -OCH3 is 1. The van der Waals surface area contributed by atoms with Gasteiger partial charge in [-0.05, 0) is 102 Å². The second-order valence-corrected chi connectivity index (χ2v) is 12.4. The average molecular weight is 600 g/mol. The number of hydrogen-bond acceptors (Lipinski definition) is 3. The number of benzene rings is 2. The topological polar surface area (TPSA) is 21.7 Å². The van der Waals surface area contributed by atoms with Gasteiger partial charge in [-0.2, -0.15) is 26.3 Å². The minimum atomic E-state index is -4.95.